The molecule has 6 unspecified atom stereocenters. The molecule has 0 saturated carbocycles. The van der Waals surface area contributed by atoms with Crippen LogP contribution in [0.4, 0.5) is 0 Å². The highest BCUT2D eigenvalue weighted by atomic mass is 16.5. The topological polar surface area (TPSA) is 146 Å². The van der Waals surface area contributed by atoms with Crippen molar-refractivity contribution in [2.75, 3.05) is 47.9 Å². The summed E-state index contributed by atoms with van der Waals surface area (Å²) in [5.74, 6) is -1.56. The smallest absolute Gasteiger partial charge is 0.253 e. The summed E-state index contributed by atoms with van der Waals surface area (Å²) in [6.45, 7) is 12.6. The fraction of sp³-hybridized carbons (Fsp3) is 0.784. The van der Waals surface area contributed by atoms with E-state index in [0.717, 1.165) is 19.3 Å². The van der Waals surface area contributed by atoms with E-state index in [1.165, 1.54) is 22.0 Å². The molecule has 50 heavy (non-hydrogen) atoms. The lowest BCUT2D eigenvalue weighted by Gasteiger charge is -2.39. The van der Waals surface area contributed by atoms with Crippen LogP contribution in [0.2, 0.25) is 0 Å². The molecule has 1 saturated heterocycles. The summed E-state index contributed by atoms with van der Waals surface area (Å²) in [4.78, 5) is 83.3. The molecule has 0 radical (unpaired) electrons. The van der Waals surface area contributed by atoms with E-state index < -0.39 is 24.1 Å². The van der Waals surface area contributed by atoms with Gasteiger partial charge < -0.3 is 29.5 Å². The van der Waals surface area contributed by atoms with Crippen molar-refractivity contribution in [3.05, 3.63) is 12.2 Å². The van der Waals surface area contributed by atoms with Gasteiger partial charge in [0.2, 0.25) is 23.6 Å². The average molecular weight is 706 g/mol. The minimum Gasteiger partial charge on any atom is -0.379 e. The van der Waals surface area contributed by atoms with Crippen LogP contribution in [0.15, 0.2) is 12.2 Å². The van der Waals surface area contributed by atoms with Crippen molar-refractivity contribution in [2.24, 2.45) is 17.8 Å². The molecule has 13 heteroatoms. The first kappa shape index (κ1) is 42.8. The fourth-order valence-electron chi connectivity index (χ4n) is 7.38. The van der Waals surface area contributed by atoms with Crippen LogP contribution in [0.1, 0.15) is 92.9 Å². The van der Waals surface area contributed by atoms with E-state index >= 15 is 0 Å². The number of methoxy groups -OCH3 is 2. The van der Waals surface area contributed by atoms with Crippen molar-refractivity contribution in [1.82, 2.24) is 24.9 Å². The Kier molecular flexibility index (Phi) is 17.6. The van der Waals surface area contributed by atoms with Crippen molar-refractivity contribution in [3.8, 4) is 0 Å². The maximum Gasteiger partial charge on any atom is 0.253 e. The van der Waals surface area contributed by atoms with Gasteiger partial charge in [0.25, 0.3) is 11.8 Å². The first-order chi connectivity index (χ1) is 23.6. The standard InChI is InChI=1S/C37H63N5O8/c1-11-26(6)35(28(49-9)22-32(46)41-21-15-16-27(41)36(50-10)25(4)5)40(8)33(47)23-38-37(48)34(24(2)3)39(7)29(43)17-13-12-14-20-42-30(44)18-19-31(42)45/h18-19,24-28,34-36H,11-17,20-23H2,1-10H3,(H,38,48). The molecule has 0 spiro atoms. The molecule has 2 aliphatic heterocycles. The second-order valence-corrected chi connectivity index (χ2v) is 14.5. The molecular weight excluding hydrogens is 642 g/mol. The fourth-order valence-corrected chi connectivity index (χ4v) is 7.38. The van der Waals surface area contributed by atoms with E-state index in [-0.39, 0.29) is 78.8 Å². The number of carbonyl (C=O) groups is 6. The van der Waals surface area contributed by atoms with Gasteiger partial charge in [-0.3, -0.25) is 33.7 Å². The molecule has 2 aliphatic rings. The molecule has 2 rings (SSSR count). The van der Waals surface area contributed by atoms with Crippen LogP contribution in [0.3, 0.4) is 0 Å². The second kappa shape index (κ2) is 20.5. The number of unbranched alkanes of at least 4 members (excludes halogenated alkanes) is 2. The van der Waals surface area contributed by atoms with E-state index in [4.69, 9.17) is 9.47 Å². The van der Waals surface area contributed by atoms with Crippen LogP contribution in [0, 0.1) is 17.8 Å². The van der Waals surface area contributed by atoms with Crippen molar-refractivity contribution >= 4 is 35.4 Å². The number of likely N-dealkylation sites (tertiary alicyclic amines) is 1. The molecule has 284 valence electrons. The third kappa shape index (κ3) is 11.3. The second-order valence-electron chi connectivity index (χ2n) is 14.5. The Morgan fingerprint density at radius 1 is 0.900 bits per heavy atom. The van der Waals surface area contributed by atoms with E-state index in [1.54, 1.807) is 33.2 Å². The first-order valence-electron chi connectivity index (χ1n) is 18.3. The summed E-state index contributed by atoms with van der Waals surface area (Å²) in [6, 6.07) is -1.20. The highest BCUT2D eigenvalue weighted by Gasteiger charge is 2.40. The zero-order chi connectivity index (χ0) is 37.7. The van der Waals surface area contributed by atoms with Crippen molar-refractivity contribution < 1.29 is 38.2 Å². The van der Waals surface area contributed by atoms with Crippen molar-refractivity contribution in [2.45, 2.75) is 123 Å². The number of likely N-dealkylation sites (N-methyl/N-ethyl adjacent to an activating group) is 2. The summed E-state index contributed by atoms with van der Waals surface area (Å²) in [5, 5.41) is 2.76. The predicted molar refractivity (Wildman–Crippen MR) is 191 cm³/mol. The summed E-state index contributed by atoms with van der Waals surface area (Å²) in [7, 11) is 6.53. The summed E-state index contributed by atoms with van der Waals surface area (Å²) in [5.41, 5.74) is 0. The summed E-state index contributed by atoms with van der Waals surface area (Å²) in [6.07, 6.45) is 6.55. The average Bonchev–Trinajstić information content (AvgIpc) is 3.68. The van der Waals surface area contributed by atoms with Gasteiger partial charge in [-0.25, -0.2) is 0 Å². The van der Waals surface area contributed by atoms with Crippen LogP contribution in [0.5, 0.6) is 0 Å². The number of hydrogen-bond donors (Lipinski definition) is 1. The molecule has 0 aromatic carbocycles. The molecule has 0 aromatic rings. The van der Waals surface area contributed by atoms with Gasteiger partial charge in [-0.05, 0) is 43.4 Å². The Morgan fingerprint density at radius 2 is 1.54 bits per heavy atom. The molecule has 6 amide bonds. The minimum atomic E-state index is -0.781. The van der Waals surface area contributed by atoms with Gasteiger partial charge in [0, 0.05) is 60.0 Å². The van der Waals surface area contributed by atoms with Crippen LogP contribution in [0.25, 0.3) is 0 Å². The number of amides is 6. The summed E-state index contributed by atoms with van der Waals surface area (Å²) >= 11 is 0. The third-order valence-corrected chi connectivity index (χ3v) is 10.4. The lowest BCUT2D eigenvalue weighted by atomic mass is 9.90. The predicted octanol–water partition coefficient (Wildman–Crippen LogP) is 3.01. The number of ether oxygens (including phenoxy) is 2. The molecule has 6 atom stereocenters. The van der Waals surface area contributed by atoms with Gasteiger partial charge in [-0.1, -0.05) is 54.4 Å². The molecule has 0 bridgehead atoms. The zero-order valence-electron chi connectivity index (χ0n) is 32.1. The number of rotatable bonds is 21. The van der Waals surface area contributed by atoms with E-state index in [2.05, 4.69) is 19.2 Å². The van der Waals surface area contributed by atoms with Gasteiger partial charge in [0.05, 0.1) is 37.3 Å². The lowest BCUT2D eigenvalue weighted by Crippen LogP contribution is -2.55. The molecule has 0 aromatic heterocycles. The zero-order valence-corrected chi connectivity index (χ0v) is 32.1. The first-order valence-corrected chi connectivity index (χ1v) is 18.3. The minimum absolute atomic E-state index is 0.00279. The van der Waals surface area contributed by atoms with E-state index in [0.29, 0.717) is 32.4 Å². The maximum absolute atomic E-state index is 13.7. The third-order valence-electron chi connectivity index (χ3n) is 10.4. The largest absolute Gasteiger partial charge is 0.379 e. The highest BCUT2D eigenvalue weighted by Crippen LogP contribution is 2.29. The number of imide groups is 1. The van der Waals surface area contributed by atoms with Crippen LogP contribution in [-0.2, 0) is 38.2 Å². The Morgan fingerprint density at radius 3 is 2.08 bits per heavy atom. The summed E-state index contributed by atoms with van der Waals surface area (Å²) < 4.78 is 11.7. The van der Waals surface area contributed by atoms with Gasteiger partial charge in [0.1, 0.15) is 6.04 Å². The maximum atomic E-state index is 13.7. The SMILES string of the molecule is CCC(C)C(C(CC(=O)N1CCCC1C(OC)C(C)C)OC)N(C)C(=O)CNC(=O)C(C(C)C)N(C)C(=O)CCCCCN1C(=O)C=CC1=O. The molecule has 2 heterocycles. The van der Waals surface area contributed by atoms with Gasteiger partial charge in [-0.15, -0.1) is 0 Å². The molecule has 0 aliphatic carbocycles. The van der Waals surface area contributed by atoms with Crippen molar-refractivity contribution in [3.63, 3.8) is 0 Å². The Labute approximate surface area is 299 Å². The lowest BCUT2D eigenvalue weighted by molar-refractivity contribution is -0.145. The van der Waals surface area contributed by atoms with E-state index in [1.807, 2.05) is 32.6 Å². The highest BCUT2D eigenvalue weighted by molar-refractivity contribution is 6.12. The Bertz CT molecular complexity index is 1190. The van der Waals surface area contributed by atoms with Crippen LogP contribution < -0.4 is 5.32 Å². The van der Waals surface area contributed by atoms with Crippen LogP contribution in [-0.4, -0.2) is 133 Å². The molecule has 13 nitrogen and oxygen atoms in total. The quantitative estimate of drug-likeness (QED) is 0.142. The van der Waals surface area contributed by atoms with Gasteiger partial charge in [0.15, 0.2) is 0 Å². The number of nitrogens with zero attached hydrogens (tertiary/aromatic N) is 4. The van der Waals surface area contributed by atoms with Crippen LogP contribution >= 0.6 is 0 Å². The molecule has 1 N–H and O–H groups in total. The van der Waals surface area contributed by atoms with Gasteiger partial charge in [-0.2, -0.15) is 0 Å². The normalized spacial score (nSPS) is 19.2. The number of hydrogen-bond acceptors (Lipinski definition) is 8. The molecule has 1 fully saturated rings. The monoisotopic (exact) mass is 705 g/mol. The number of nitrogens with one attached hydrogen (secondary N) is 1. The van der Waals surface area contributed by atoms with Crippen molar-refractivity contribution in [1.29, 1.82) is 0 Å². The Balaban J connectivity index is 1.99. The van der Waals surface area contributed by atoms with E-state index in [9.17, 15) is 28.8 Å². The molecular formula is C37H63N5O8. The number of carbonyl (C=O) groups excluding carboxylic acids is 6. The van der Waals surface area contributed by atoms with Gasteiger partial charge >= 0.3 is 0 Å². The Hall–Kier alpha value is -3.32.